The molecule has 0 unspecified atom stereocenters. The van der Waals surface area contributed by atoms with Crippen molar-refractivity contribution in [2.75, 3.05) is 17.6 Å². The minimum absolute atomic E-state index is 0.540. The summed E-state index contributed by atoms with van der Waals surface area (Å²) in [7, 11) is 0. The fourth-order valence-electron chi connectivity index (χ4n) is 1.57. The molecule has 78 valence electrons. The molecule has 0 atom stereocenters. The summed E-state index contributed by atoms with van der Waals surface area (Å²) in [5.74, 6) is 1.41. The summed E-state index contributed by atoms with van der Waals surface area (Å²) in [4.78, 5) is 8.70. The number of aryl methyl sites for hydroxylation is 1. The molecule has 0 radical (unpaired) electrons. The molecule has 0 aliphatic rings. The van der Waals surface area contributed by atoms with E-state index in [1.165, 1.54) is 0 Å². The van der Waals surface area contributed by atoms with Crippen molar-refractivity contribution >= 4 is 22.7 Å². The molecule has 4 nitrogen and oxygen atoms in total. The molecule has 2 aromatic rings. The van der Waals surface area contributed by atoms with Gasteiger partial charge in [-0.25, -0.2) is 9.97 Å². The quantitative estimate of drug-likeness (QED) is 0.781. The van der Waals surface area contributed by atoms with Gasteiger partial charge in [0.25, 0.3) is 0 Å². The van der Waals surface area contributed by atoms with E-state index in [1.807, 2.05) is 32.0 Å². The summed E-state index contributed by atoms with van der Waals surface area (Å²) in [6.07, 6.45) is 0. The Morgan fingerprint density at radius 2 is 2.13 bits per heavy atom. The first-order valence-electron chi connectivity index (χ1n) is 4.98. The van der Waals surface area contributed by atoms with E-state index in [4.69, 9.17) is 5.73 Å². The molecule has 2 aromatic heterocycles. The summed E-state index contributed by atoms with van der Waals surface area (Å²) >= 11 is 0. The average molecular weight is 202 g/mol. The molecule has 15 heavy (non-hydrogen) atoms. The minimum Gasteiger partial charge on any atom is -0.384 e. The normalized spacial score (nSPS) is 10.5. The molecule has 0 saturated heterocycles. The van der Waals surface area contributed by atoms with Crippen LogP contribution in [0, 0.1) is 6.92 Å². The SMILES string of the molecule is CCNc1ccc2nc(N)cc(C)c2n1. The molecule has 0 aromatic carbocycles. The van der Waals surface area contributed by atoms with Crippen molar-refractivity contribution in [3.05, 3.63) is 23.8 Å². The van der Waals surface area contributed by atoms with Gasteiger partial charge in [0.15, 0.2) is 0 Å². The maximum absolute atomic E-state index is 5.67. The highest BCUT2D eigenvalue weighted by Crippen LogP contribution is 2.18. The first-order valence-corrected chi connectivity index (χ1v) is 4.98. The number of nitrogens with two attached hydrogens (primary N) is 1. The first kappa shape index (κ1) is 9.71. The molecule has 0 fully saturated rings. The van der Waals surface area contributed by atoms with Crippen LogP contribution in [0.15, 0.2) is 18.2 Å². The summed E-state index contributed by atoms with van der Waals surface area (Å²) in [5.41, 5.74) is 8.47. The molecule has 0 aliphatic heterocycles. The second-order valence-electron chi connectivity index (χ2n) is 3.46. The van der Waals surface area contributed by atoms with Crippen molar-refractivity contribution in [2.24, 2.45) is 0 Å². The monoisotopic (exact) mass is 202 g/mol. The van der Waals surface area contributed by atoms with Gasteiger partial charge < -0.3 is 11.1 Å². The Morgan fingerprint density at radius 1 is 1.33 bits per heavy atom. The minimum atomic E-state index is 0.540. The van der Waals surface area contributed by atoms with Crippen LogP contribution in [-0.2, 0) is 0 Å². The lowest BCUT2D eigenvalue weighted by atomic mass is 10.2. The maximum Gasteiger partial charge on any atom is 0.126 e. The Balaban J connectivity index is 2.60. The molecule has 4 heteroatoms. The van der Waals surface area contributed by atoms with Gasteiger partial charge in [-0.1, -0.05) is 0 Å². The van der Waals surface area contributed by atoms with Gasteiger partial charge in [-0.3, -0.25) is 0 Å². The summed E-state index contributed by atoms with van der Waals surface area (Å²) in [5, 5.41) is 3.17. The lowest BCUT2D eigenvalue weighted by Crippen LogP contribution is -2.00. The largest absolute Gasteiger partial charge is 0.384 e. The highest BCUT2D eigenvalue weighted by atomic mass is 15.0. The van der Waals surface area contributed by atoms with Crippen LogP contribution < -0.4 is 11.1 Å². The number of fused-ring (bicyclic) bond motifs is 1. The van der Waals surface area contributed by atoms with Crippen molar-refractivity contribution < 1.29 is 0 Å². The molecule has 0 spiro atoms. The van der Waals surface area contributed by atoms with Crippen LogP contribution >= 0.6 is 0 Å². The van der Waals surface area contributed by atoms with Crippen LogP contribution in [0.1, 0.15) is 12.5 Å². The maximum atomic E-state index is 5.67. The van der Waals surface area contributed by atoms with E-state index in [-0.39, 0.29) is 0 Å². The lowest BCUT2D eigenvalue weighted by molar-refractivity contribution is 1.17. The molecular formula is C11H14N4. The number of hydrogen-bond donors (Lipinski definition) is 2. The highest BCUT2D eigenvalue weighted by Gasteiger charge is 2.03. The number of nitrogens with one attached hydrogen (secondary N) is 1. The van der Waals surface area contributed by atoms with Crippen molar-refractivity contribution in [3.8, 4) is 0 Å². The predicted molar refractivity (Wildman–Crippen MR) is 62.9 cm³/mol. The lowest BCUT2D eigenvalue weighted by Gasteiger charge is -2.06. The first-order chi connectivity index (χ1) is 7.20. The molecule has 0 aliphatic carbocycles. The van der Waals surface area contributed by atoms with Crippen LogP contribution in [-0.4, -0.2) is 16.5 Å². The fraction of sp³-hybridized carbons (Fsp3) is 0.273. The van der Waals surface area contributed by atoms with E-state index in [0.717, 1.165) is 29.0 Å². The molecule has 0 saturated carbocycles. The van der Waals surface area contributed by atoms with Crippen molar-refractivity contribution in [1.29, 1.82) is 0 Å². The summed E-state index contributed by atoms with van der Waals surface area (Å²) in [6, 6.07) is 5.69. The zero-order valence-corrected chi connectivity index (χ0v) is 8.91. The van der Waals surface area contributed by atoms with Gasteiger partial charge in [0.1, 0.15) is 11.6 Å². The summed E-state index contributed by atoms with van der Waals surface area (Å²) < 4.78 is 0. The number of anilines is 2. The average Bonchev–Trinajstić information content (AvgIpc) is 2.19. The van der Waals surface area contributed by atoms with Gasteiger partial charge in [0.2, 0.25) is 0 Å². The topological polar surface area (TPSA) is 63.8 Å². The zero-order chi connectivity index (χ0) is 10.8. The van der Waals surface area contributed by atoms with Crippen LogP contribution in [0.3, 0.4) is 0 Å². The second-order valence-corrected chi connectivity index (χ2v) is 3.46. The van der Waals surface area contributed by atoms with Crippen LogP contribution in [0.25, 0.3) is 11.0 Å². The Bertz CT molecular complexity index is 493. The van der Waals surface area contributed by atoms with E-state index < -0.39 is 0 Å². The van der Waals surface area contributed by atoms with E-state index in [1.54, 1.807) is 0 Å². The number of aromatic nitrogens is 2. The van der Waals surface area contributed by atoms with Crippen LogP contribution in [0.5, 0.6) is 0 Å². The number of rotatable bonds is 2. The third kappa shape index (κ3) is 1.83. The molecule has 2 heterocycles. The van der Waals surface area contributed by atoms with Gasteiger partial charge in [0, 0.05) is 6.54 Å². The summed E-state index contributed by atoms with van der Waals surface area (Å²) in [6.45, 7) is 4.89. The highest BCUT2D eigenvalue weighted by molar-refractivity contribution is 5.81. The van der Waals surface area contributed by atoms with Crippen molar-refractivity contribution in [2.45, 2.75) is 13.8 Å². The smallest absolute Gasteiger partial charge is 0.126 e. The van der Waals surface area contributed by atoms with Crippen molar-refractivity contribution in [1.82, 2.24) is 9.97 Å². The van der Waals surface area contributed by atoms with E-state index >= 15 is 0 Å². The number of nitrogen functional groups attached to an aromatic ring is 1. The zero-order valence-electron chi connectivity index (χ0n) is 8.91. The molecule has 3 N–H and O–H groups in total. The van der Waals surface area contributed by atoms with Crippen molar-refractivity contribution in [3.63, 3.8) is 0 Å². The Kier molecular flexibility index (Phi) is 2.41. The Labute approximate surface area is 88.5 Å². The van der Waals surface area contributed by atoms with E-state index in [9.17, 15) is 0 Å². The van der Waals surface area contributed by atoms with Gasteiger partial charge >= 0.3 is 0 Å². The Hall–Kier alpha value is -1.84. The van der Waals surface area contributed by atoms with E-state index in [2.05, 4.69) is 15.3 Å². The number of hydrogen-bond acceptors (Lipinski definition) is 4. The molecule has 0 amide bonds. The van der Waals surface area contributed by atoms with Gasteiger partial charge in [-0.15, -0.1) is 0 Å². The standard InChI is InChI=1S/C11H14N4/c1-3-13-10-5-4-8-11(15-10)7(2)6-9(12)14-8/h4-6H,3H2,1-2H3,(H2,12,14)(H,13,15). The third-order valence-electron chi connectivity index (χ3n) is 2.22. The molecule has 0 bridgehead atoms. The third-order valence-corrected chi connectivity index (χ3v) is 2.22. The van der Waals surface area contributed by atoms with Gasteiger partial charge in [0.05, 0.1) is 11.0 Å². The van der Waals surface area contributed by atoms with Crippen LogP contribution in [0.4, 0.5) is 11.6 Å². The molecular weight excluding hydrogens is 188 g/mol. The molecule has 2 rings (SSSR count). The Morgan fingerprint density at radius 3 is 2.87 bits per heavy atom. The number of nitrogens with zero attached hydrogens (tertiary/aromatic N) is 2. The fourth-order valence-corrected chi connectivity index (χ4v) is 1.57. The van der Waals surface area contributed by atoms with Gasteiger partial charge in [-0.05, 0) is 37.6 Å². The van der Waals surface area contributed by atoms with Crippen LogP contribution in [0.2, 0.25) is 0 Å². The van der Waals surface area contributed by atoms with E-state index in [0.29, 0.717) is 5.82 Å². The number of pyridine rings is 2. The second kappa shape index (κ2) is 3.73. The van der Waals surface area contributed by atoms with Gasteiger partial charge in [-0.2, -0.15) is 0 Å². The predicted octanol–water partition coefficient (Wildman–Crippen LogP) is 1.95.